The van der Waals surface area contributed by atoms with E-state index in [4.69, 9.17) is 0 Å². The molecule has 0 aromatic heterocycles. The lowest BCUT2D eigenvalue weighted by atomic mass is 10.1. The molecule has 1 fully saturated rings. The number of likely N-dealkylation sites (tertiary alicyclic amines) is 1. The van der Waals surface area contributed by atoms with Crippen molar-refractivity contribution in [3.63, 3.8) is 0 Å². The summed E-state index contributed by atoms with van der Waals surface area (Å²) in [6.07, 6.45) is 2.66. The highest BCUT2D eigenvalue weighted by Gasteiger charge is 2.25. The topological polar surface area (TPSA) is 60.0 Å². The third kappa shape index (κ3) is 5.94. The van der Waals surface area contributed by atoms with Crippen molar-refractivity contribution in [3.05, 3.63) is 65.2 Å². The van der Waals surface area contributed by atoms with Gasteiger partial charge in [-0.3, -0.25) is 9.79 Å². The van der Waals surface area contributed by atoms with E-state index in [0.717, 1.165) is 51.5 Å². The van der Waals surface area contributed by atoms with Crippen molar-refractivity contribution >= 4 is 41.5 Å². The number of hydrogen-bond donors (Lipinski definition) is 2. The molecule has 1 atom stereocenters. The van der Waals surface area contributed by atoms with E-state index in [-0.39, 0.29) is 35.9 Å². The Balaban J connectivity index is 0.00000289. The fourth-order valence-corrected chi connectivity index (χ4v) is 4.46. The van der Waals surface area contributed by atoms with Crippen LogP contribution in [0.5, 0.6) is 0 Å². The highest BCUT2D eigenvalue weighted by molar-refractivity contribution is 14.0. The zero-order valence-corrected chi connectivity index (χ0v) is 21.3. The van der Waals surface area contributed by atoms with Crippen LogP contribution in [0.2, 0.25) is 0 Å². The molecular formula is C25H34IN5O. The number of halogens is 1. The van der Waals surface area contributed by atoms with Gasteiger partial charge in [0.2, 0.25) is 5.91 Å². The number of carbonyl (C=O) groups is 1. The van der Waals surface area contributed by atoms with Crippen molar-refractivity contribution < 1.29 is 4.79 Å². The molecule has 32 heavy (non-hydrogen) atoms. The first-order valence-corrected chi connectivity index (χ1v) is 11.3. The number of rotatable bonds is 6. The molecule has 1 unspecified atom stereocenters. The van der Waals surface area contributed by atoms with Crippen LogP contribution >= 0.6 is 24.0 Å². The summed E-state index contributed by atoms with van der Waals surface area (Å²) in [5.74, 6) is 1.01. The lowest BCUT2D eigenvalue weighted by Gasteiger charge is -2.20. The lowest BCUT2D eigenvalue weighted by Crippen LogP contribution is -2.44. The number of anilines is 1. The molecule has 0 spiro atoms. The van der Waals surface area contributed by atoms with Crippen LogP contribution in [0.15, 0.2) is 53.5 Å². The van der Waals surface area contributed by atoms with E-state index in [1.54, 1.807) is 7.05 Å². The zero-order valence-electron chi connectivity index (χ0n) is 19.0. The molecule has 0 saturated carbocycles. The minimum atomic E-state index is 0. The molecule has 1 saturated heterocycles. The number of carbonyl (C=O) groups excluding carboxylic acids is 1. The smallest absolute Gasteiger partial charge is 0.222 e. The van der Waals surface area contributed by atoms with Crippen molar-refractivity contribution in [2.45, 2.75) is 45.3 Å². The molecule has 0 radical (unpaired) electrons. The van der Waals surface area contributed by atoms with Gasteiger partial charge in [-0.15, -0.1) is 24.0 Å². The van der Waals surface area contributed by atoms with Gasteiger partial charge in [-0.25, -0.2) is 0 Å². The molecule has 1 amide bonds. The Morgan fingerprint density at radius 3 is 2.59 bits per heavy atom. The summed E-state index contributed by atoms with van der Waals surface area (Å²) in [5, 5.41) is 6.85. The molecule has 7 heteroatoms. The molecule has 6 nitrogen and oxygen atoms in total. The van der Waals surface area contributed by atoms with Gasteiger partial charge >= 0.3 is 0 Å². The van der Waals surface area contributed by atoms with Crippen LogP contribution in [0.3, 0.4) is 0 Å². The molecule has 172 valence electrons. The first kappa shape index (κ1) is 24.4. The Hall–Kier alpha value is -2.29. The van der Waals surface area contributed by atoms with Gasteiger partial charge in [0.05, 0.1) is 0 Å². The molecule has 2 N–H and O–H groups in total. The molecule has 0 aliphatic carbocycles. The van der Waals surface area contributed by atoms with Crippen LogP contribution in [0.1, 0.15) is 36.5 Å². The summed E-state index contributed by atoms with van der Waals surface area (Å²) < 4.78 is 0. The van der Waals surface area contributed by atoms with E-state index in [1.807, 2.05) is 11.8 Å². The Morgan fingerprint density at radius 1 is 1.09 bits per heavy atom. The predicted octanol–water partition coefficient (Wildman–Crippen LogP) is 3.54. The Bertz CT molecular complexity index is 930. The molecular weight excluding hydrogens is 513 g/mol. The predicted molar refractivity (Wildman–Crippen MR) is 142 cm³/mol. The number of guanidine groups is 1. The minimum Gasteiger partial charge on any atom is -0.367 e. The normalized spacial score (nSPS) is 17.7. The second-order valence-electron chi connectivity index (χ2n) is 8.37. The number of aliphatic imine (C=N–C) groups is 1. The van der Waals surface area contributed by atoms with Gasteiger partial charge < -0.3 is 20.4 Å². The van der Waals surface area contributed by atoms with Gasteiger partial charge in [-0.2, -0.15) is 0 Å². The lowest BCUT2D eigenvalue weighted by molar-refractivity contribution is -0.129. The van der Waals surface area contributed by atoms with Gasteiger partial charge in [0.25, 0.3) is 0 Å². The third-order valence-electron chi connectivity index (χ3n) is 6.25. The Morgan fingerprint density at radius 2 is 1.84 bits per heavy atom. The van der Waals surface area contributed by atoms with Crippen LogP contribution in [-0.2, 0) is 24.3 Å². The SMILES string of the molecule is CCC(=O)N1CCC(NC(=NC)NCc2ccc(CN3CCc4ccccc43)cc2)C1.I. The number of para-hydroxylation sites is 1. The summed E-state index contributed by atoms with van der Waals surface area (Å²) in [6, 6.07) is 17.8. The Kier molecular flexibility index (Phi) is 8.78. The standard InChI is InChI=1S/C25H33N5O.HI/c1-3-24(31)30-15-13-22(18-30)28-25(26-2)27-16-19-8-10-20(11-9-19)17-29-14-12-21-6-4-5-7-23(21)29;/h4-11,22H,3,12-18H2,1-2H3,(H2,26,27,28);1H. The number of hydrogen-bond acceptors (Lipinski definition) is 3. The number of nitrogens with one attached hydrogen (secondary N) is 2. The van der Waals surface area contributed by atoms with Crippen molar-refractivity contribution in [3.8, 4) is 0 Å². The van der Waals surface area contributed by atoms with Crippen molar-refractivity contribution in [1.29, 1.82) is 0 Å². The summed E-state index contributed by atoms with van der Waals surface area (Å²) in [6.45, 7) is 6.25. The van der Waals surface area contributed by atoms with Crippen LogP contribution in [0.4, 0.5) is 5.69 Å². The Labute approximate surface area is 208 Å². The third-order valence-corrected chi connectivity index (χ3v) is 6.25. The molecule has 4 rings (SSSR count). The molecule has 2 heterocycles. The largest absolute Gasteiger partial charge is 0.367 e. The van der Waals surface area contributed by atoms with Gasteiger partial charge in [0, 0.05) is 57.9 Å². The highest BCUT2D eigenvalue weighted by Crippen LogP contribution is 2.28. The van der Waals surface area contributed by atoms with Gasteiger partial charge in [-0.1, -0.05) is 49.4 Å². The van der Waals surface area contributed by atoms with E-state index in [9.17, 15) is 4.79 Å². The summed E-state index contributed by atoms with van der Waals surface area (Å²) >= 11 is 0. The number of benzene rings is 2. The van der Waals surface area contributed by atoms with Crippen LogP contribution in [0.25, 0.3) is 0 Å². The number of fused-ring (bicyclic) bond motifs is 1. The second kappa shape index (κ2) is 11.5. The molecule has 0 bridgehead atoms. The average molecular weight is 547 g/mol. The van der Waals surface area contributed by atoms with E-state index in [0.29, 0.717) is 6.42 Å². The second-order valence-corrected chi connectivity index (χ2v) is 8.37. The van der Waals surface area contributed by atoms with Crippen LogP contribution in [-0.4, -0.2) is 49.5 Å². The molecule has 2 aromatic rings. The first-order valence-electron chi connectivity index (χ1n) is 11.3. The monoisotopic (exact) mass is 547 g/mol. The summed E-state index contributed by atoms with van der Waals surface area (Å²) in [7, 11) is 1.79. The van der Waals surface area contributed by atoms with Crippen molar-refractivity contribution in [2.75, 3.05) is 31.6 Å². The molecule has 2 aliphatic rings. The summed E-state index contributed by atoms with van der Waals surface area (Å²) in [5.41, 5.74) is 5.37. The molecule has 2 aromatic carbocycles. The minimum absolute atomic E-state index is 0. The van der Waals surface area contributed by atoms with E-state index < -0.39 is 0 Å². The fourth-order valence-electron chi connectivity index (χ4n) is 4.46. The maximum Gasteiger partial charge on any atom is 0.222 e. The average Bonchev–Trinajstić information content (AvgIpc) is 3.44. The van der Waals surface area contributed by atoms with E-state index in [2.05, 4.69) is 69.1 Å². The zero-order chi connectivity index (χ0) is 21.6. The van der Waals surface area contributed by atoms with Gasteiger partial charge in [0.15, 0.2) is 5.96 Å². The summed E-state index contributed by atoms with van der Waals surface area (Å²) in [4.78, 5) is 20.6. The van der Waals surface area contributed by atoms with E-state index >= 15 is 0 Å². The highest BCUT2D eigenvalue weighted by atomic mass is 127. The van der Waals surface area contributed by atoms with Crippen LogP contribution < -0.4 is 15.5 Å². The van der Waals surface area contributed by atoms with Crippen LogP contribution in [0, 0.1) is 0 Å². The van der Waals surface area contributed by atoms with Gasteiger partial charge in [0.1, 0.15) is 0 Å². The molecule has 2 aliphatic heterocycles. The fraction of sp³-hybridized carbons (Fsp3) is 0.440. The van der Waals surface area contributed by atoms with Gasteiger partial charge in [-0.05, 0) is 35.6 Å². The van der Waals surface area contributed by atoms with Crippen molar-refractivity contribution in [1.82, 2.24) is 15.5 Å². The van der Waals surface area contributed by atoms with E-state index in [1.165, 1.54) is 22.4 Å². The first-order chi connectivity index (χ1) is 15.2. The quantitative estimate of drug-likeness (QED) is 0.330. The maximum absolute atomic E-state index is 11.9. The maximum atomic E-state index is 11.9. The number of amides is 1. The van der Waals surface area contributed by atoms with Crippen molar-refractivity contribution in [2.24, 2.45) is 4.99 Å². The number of nitrogens with zero attached hydrogens (tertiary/aromatic N) is 3.